The molecule has 0 aromatic rings. The van der Waals surface area contributed by atoms with E-state index in [1.165, 1.54) is 60.1 Å². The van der Waals surface area contributed by atoms with E-state index >= 15 is 0 Å². The number of hydrogen-bond acceptors (Lipinski definition) is 0. The molecule has 0 N–H and O–H groups in total. The molecule has 4 fully saturated rings. The van der Waals surface area contributed by atoms with E-state index in [4.69, 9.17) is 0 Å². The van der Waals surface area contributed by atoms with Gasteiger partial charge in [-0.1, -0.05) is 58.3 Å². The average molecular weight is 338 g/mol. The van der Waals surface area contributed by atoms with Crippen LogP contribution in [-0.4, -0.2) is 22.6 Å². The molecule has 22 heavy (non-hydrogen) atoms. The summed E-state index contributed by atoms with van der Waals surface area (Å²) >= 11 is 0. The molecule has 9 atom stereocenters. The normalized spacial score (nSPS) is 52.0. The maximum Gasteiger partial charge on any atom is -0.0132 e. The minimum atomic E-state index is 1.07. The molecule has 4 rings (SSSR count). The highest BCUT2D eigenvalue weighted by atomic mass is 31.1. The summed E-state index contributed by atoms with van der Waals surface area (Å²) in [4.78, 5) is 0. The first kappa shape index (κ1) is 16.3. The van der Waals surface area contributed by atoms with Crippen molar-refractivity contribution in [3.05, 3.63) is 0 Å². The number of fused-ring (bicyclic) bond motifs is 2. The summed E-state index contributed by atoms with van der Waals surface area (Å²) in [6, 6.07) is 0. The minimum absolute atomic E-state index is 1.07. The summed E-state index contributed by atoms with van der Waals surface area (Å²) in [6.07, 6.45) is 18.7. The van der Waals surface area contributed by atoms with Gasteiger partial charge in [0.1, 0.15) is 0 Å². The van der Waals surface area contributed by atoms with Crippen LogP contribution in [0.4, 0.5) is 0 Å². The fourth-order valence-electron chi connectivity index (χ4n) is 6.22. The monoisotopic (exact) mass is 338 g/mol. The van der Waals surface area contributed by atoms with Gasteiger partial charge in [-0.05, 0) is 66.1 Å². The Bertz CT molecular complexity index is 369. The lowest BCUT2D eigenvalue weighted by Gasteiger charge is -2.50. The van der Waals surface area contributed by atoms with Crippen molar-refractivity contribution in [1.29, 1.82) is 0 Å². The van der Waals surface area contributed by atoms with Gasteiger partial charge in [0.15, 0.2) is 0 Å². The Balaban J connectivity index is 1.42. The first-order chi connectivity index (χ1) is 10.8. The zero-order valence-corrected chi connectivity index (χ0v) is 16.5. The van der Waals surface area contributed by atoms with Crippen LogP contribution < -0.4 is 0 Å². The predicted octanol–water partition coefficient (Wildman–Crippen LogP) is 6.42. The quantitative estimate of drug-likeness (QED) is 0.484. The highest BCUT2D eigenvalue weighted by molar-refractivity contribution is 7.46. The molecule has 4 aliphatic rings. The topological polar surface area (TPSA) is 0 Å². The molecular formula is C20H36P2. The van der Waals surface area contributed by atoms with Crippen LogP contribution in [0.3, 0.4) is 0 Å². The largest absolute Gasteiger partial charge is 0.114 e. The van der Waals surface area contributed by atoms with Crippen LogP contribution in [0.2, 0.25) is 0 Å². The van der Waals surface area contributed by atoms with Crippen molar-refractivity contribution in [2.24, 2.45) is 17.8 Å². The third-order valence-electron chi connectivity index (χ3n) is 7.54. The fraction of sp³-hybridized carbons (Fsp3) is 1.00. The molecule has 126 valence electrons. The Hall–Kier alpha value is 0.860. The molecule has 2 aliphatic heterocycles. The maximum atomic E-state index is 2.67. The second kappa shape index (κ2) is 7.40. The zero-order chi connectivity index (χ0) is 14.9. The van der Waals surface area contributed by atoms with Gasteiger partial charge in [0.2, 0.25) is 0 Å². The van der Waals surface area contributed by atoms with Crippen molar-refractivity contribution in [3.8, 4) is 0 Å². The van der Waals surface area contributed by atoms with Gasteiger partial charge in [-0.25, -0.2) is 0 Å². The van der Waals surface area contributed by atoms with Crippen LogP contribution in [0.15, 0.2) is 0 Å². The van der Waals surface area contributed by atoms with Gasteiger partial charge in [0.05, 0.1) is 0 Å². The Morgan fingerprint density at radius 2 is 1.05 bits per heavy atom. The fourth-order valence-corrected chi connectivity index (χ4v) is 11.7. The molecule has 2 saturated carbocycles. The van der Waals surface area contributed by atoms with E-state index in [0.29, 0.717) is 0 Å². The summed E-state index contributed by atoms with van der Waals surface area (Å²) in [5, 5.41) is 0. The van der Waals surface area contributed by atoms with Crippen LogP contribution in [0, 0.1) is 17.8 Å². The van der Waals surface area contributed by atoms with E-state index in [2.05, 4.69) is 6.92 Å². The molecule has 0 aromatic carbocycles. The highest BCUT2D eigenvalue weighted by Gasteiger charge is 2.51. The van der Waals surface area contributed by atoms with Gasteiger partial charge < -0.3 is 0 Å². The molecule has 2 aliphatic carbocycles. The lowest BCUT2D eigenvalue weighted by atomic mass is 9.77. The summed E-state index contributed by atoms with van der Waals surface area (Å²) in [7, 11) is 2.71. The number of hydrogen-bond donors (Lipinski definition) is 0. The average Bonchev–Trinajstić information content (AvgIpc) is 2.74. The number of rotatable bonds is 1. The molecule has 0 aromatic heterocycles. The summed E-state index contributed by atoms with van der Waals surface area (Å²) in [5.41, 5.74) is 4.67. The molecular weight excluding hydrogens is 302 g/mol. The van der Waals surface area contributed by atoms with Crippen LogP contribution in [0.1, 0.15) is 84.0 Å². The van der Waals surface area contributed by atoms with E-state index in [1.807, 2.05) is 0 Å². The zero-order valence-electron chi connectivity index (χ0n) is 14.5. The van der Waals surface area contributed by atoms with Crippen molar-refractivity contribution in [2.75, 3.05) is 0 Å². The van der Waals surface area contributed by atoms with E-state index in [0.717, 1.165) is 23.2 Å². The molecule has 0 nitrogen and oxygen atoms in total. The summed E-state index contributed by atoms with van der Waals surface area (Å²) in [6.45, 7) is 2.67. The lowest BCUT2D eigenvalue weighted by molar-refractivity contribution is 0.269. The predicted molar refractivity (Wildman–Crippen MR) is 103 cm³/mol. The van der Waals surface area contributed by atoms with E-state index in [1.54, 1.807) is 51.4 Å². The Morgan fingerprint density at radius 3 is 1.73 bits per heavy atom. The molecule has 0 bridgehead atoms. The maximum absolute atomic E-state index is 2.67. The van der Waals surface area contributed by atoms with Gasteiger partial charge in [0.25, 0.3) is 0 Å². The molecule has 9 unspecified atom stereocenters. The minimum Gasteiger partial charge on any atom is -0.114 e. The van der Waals surface area contributed by atoms with Gasteiger partial charge in [-0.15, -0.1) is 17.2 Å². The second-order valence-corrected chi connectivity index (χ2v) is 12.3. The standard InChI is InChI=1S/C20H36P2/c1-14-15-10-6-2-4-8-12-17(15)21-19(14)20-16-11-7-3-5-9-13-18(16)22-20/h14-22H,2-13H2,1H3. The first-order valence-electron chi connectivity index (χ1n) is 10.4. The van der Waals surface area contributed by atoms with Crippen LogP contribution in [-0.2, 0) is 0 Å². The van der Waals surface area contributed by atoms with E-state index < -0.39 is 0 Å². The van der Waals surface area contributed by atoms with E-state index in [-0.39, 0.29) is 0 Å². The summed E-state index contributed by atoms with van der Waals surface area (Å²) in [5.74, 6) is 3.37. The van der Waals surface area contributed by atoms with Crippen molar-refractivity contribution in [1.82, 2.24) is 0 Å². The van der Waals surface area contributed by atoms with Gasteiger partial charge >= 0.3 is 0 Å². The van der Waals surface area contributed by atoms with Crippen LogP contribution >= 0.6 is 17.2 Å². The molecule has 0 spiro atoms. The SMILES string of the molecule is CC1C2CCCCCCC2PC1C1PC2CCCCCCC21. The van der Waals surface area contributed by atoms with Gasteiger partial charge in [-0.2, -0.15) is 0 Å². The van der Waals surface area contributed by atoms with Crippen molar-refractivity contribution in [2.45, 2.75) is 107 Å². The second-order valence-electron chi connectivity index (χ2n) is 8.77. The van der Waals surface area contributed by atoms with Crippen LogP contribution in [0.5, 0.6) is 0 Å². The first-order valence-corrected chi connectivity index (χ1v) is 12.7. The van der Waals surface area contributed by atoms with Crippen molar-refractivity contribution >= 4 is 17.2 Å². The lowest BCUT2D eigenvalue weighted by Crippen LogP contribution is -2.45. The third kappa shape index (κ3) is 3.18. The Morgan fingerprint density at radius 1 is 0.545 bits per heavy atom. The molecule has 0 amide bonds. The molecule has 2 saturated heterocycles. The Labute approximate surface area is 141 Å². The highest BCUT2D eigenvalue weighted by Crippen LogP contribution is 2.64. The van der Waals surface area contributed by atoms with E-state index in [9.17, 15) is 0 Å². The van der Waals surface area contributed by atoms with Crippen molar-refractivity contribution < 1.29 is 0 Å². The summed E-state index contributed by atoms with van der Waals surface area (Å²) < 4.78 is 0. The molecule has 0 radical (unpaired) electrons. The molecule has 2 heteroatoms. The molecule has 2 heterocycles. The van der Waals surface area contributed by atoms with Gasteiger partial charge in [0, 0.05) is 0 Å². The Kier molecular flexibility index (Phi) is 5.49. The smallest absolute Gasteiger partial charge is 0.0132 e. The third-order valence-corrected chi connectivity index (χ3v) is 12.6. The van der Waals surface area contributed by atoms with Crippen LogP contribution in [0.25, 0.3) is 0 Å². The van der Waals surface area contributed by atoms with Crippen molar-refractivity contribution in [3.63, 3.8) is 0 Å². The van der Waals surface area contributed by atoms with Gasteiger partial charge in [-0.3, -0.25) is 0 Å².